The van der Waals surface area contributed by atoms with Gasteiger partial charge in [0.1, 0.15) is 5.92 Å². The molecule has 0 fully saturated rings. The van der Waals surface area contributed by atoms with Crippen molar-refractivity contribution in [2.75, 3.05) is 32.0 Å². The number of benzene rings is 2. The van der Waals surface area contributed by atoms with E-state index in [1.54, 1.807) is 14.2 Å². The molecular weight excluding hydrogens is 396 g/mol. The van der Waals surface area contributed by atoms with Crippen LogP contribution in [-0.4, -0.2) is 33.1 Å². The number of ether oxygens (including phenoxy) is 3. The van der Waals surface area contributed by atoms with Crippen molar-refractivity contribution in [3.63, 3.8) is 0 Å². The fourth-order valence-electron chi connectivity index (χ4n) is 4.42. The van der Waals surface area contributed by atoms with Gasteiger partial charge >= 0.3 is 5.97 Å². The molecule has 0 saturated carbocycles. The Hall–Kier alpha value is -3.48. The zero-order valence-electron chi connectivity index (χ0n) is 18.0. The zero-order valence-corrected chi connectivity index (χ0v) is 18.0. The van der Waals surface area contributed by atoms with Crippen LogP contribution in [0.4, 0.5) is 11.4 Å². The summed E-state index contributed by atoms with van der Waals surface area (Å²) in [5.74, 6) is -0.581. The summed E-state index contributed by atoms with van der Waals surface area (Å²) >= 11 is 0. The van der Waals surface area contributed by atoms with Crippen LogP contribution in [0, 0.1) is 11.8 Å². The number of carbonyl (C=O) groups is 2. The van der Waals surface area contributed by atoms with Crippen molar-refractivity contribution in [2.45, 2.75) is 19.4 Å². The van der Waals surface area contributed by atoms with E-state index >= 15 is 0 Å². The third-order valence-corrected chi connectivity index (χ3v) is 5.97. The van der Waals surface area contributed by atoms with Crippen LogP contribution >= 0.6 is 0 Å². The maximum atomic E-state index is 13.6. The van der Waals surface area contributed by atoms with Gasteiger partial charge in [-0.2, -0.15) is 0 Å². The summed E-state index contributed by atoms with van der Waals surface area (Å²) in [6.45, 7) is 1.90. The zero-order chi connectivity index (χ0) is 22.1. The molecule has 0 saturated heterocycles. The summed E-state index contributed by atoms with van der Waals surface area (Å²) < 4.78 is 15.8. The smallest absolute Gasteiger partial charge is 0.316 e. The van der Waals surface area contributed by atoms with Gasteiger partial charge in [0, 0.05) is 11.3 Å². The van der Waals surface area contributed by atoms with E-state index < -0.39 is 17.9 Å². The fraction of sp³-hybridized carbons (Fsp3) is 0.333. The van der Waals surface area contributed by atoms with E-state index in [0.717, 1.165) is 22.6 Å². The minimum Gasteiger partial charge on any atom is -0.493 e. The molecule has 31 heavy (non-hydrogen) atoms. The summed E-state index contributed by atoms with van der Waals surface area (Å²) in [4.78, 5) is 26.1. The number of nitrogens with one attached hydrogen (secondary N) is 2. The lowest BCUT2D eigenvalue weighted by Crippen LogP contribution is -2.39. The summed E-state index contributed by atoms with van der Waals surface area (Å²) in [5.41, 5.74) is 3.93. The number of hydrogen-bond acceptors (Lipinski definition) is 7. The Morgan fingerprint density at radius 1 is 1.00 bits per heavy atom. The number of Topliss-reactive ketones (excluding diaryl/α,β-unsaturated/α-hetero) is 1. The minimum absolute atomic E-state index is 0.178. The molecule has 0 spiro atoms. The molecule has 0 unspecified atom stereocenters. The molecule has 0 aromatic heterocycles. The quantitative estimate of drug-likeness (QED) is 0.570. The summed E-state index contributed by atoms with van der Waals surface area (Å²) in [5, 5.41) is 6.94. The lowest BCUT2D eigenvalue weighted by molar-refractivity contribution is -0.151. The molecule has 7 heteroatoms. The number of carbonyl (C=O) groups excluding carboxylic acids is 2. The van der Waals surface area contributed by atoms with Crippen molar-refractivity contribution in [3.8, 4) is 11.5 Å². The highest BCUT2D eigenvalue weighted by Gasteiger charge is 2.44. The third-order valence-electron chi connectivity index (χ3n) is 5.97. The molecule has 1 aliphatic carbocycles. The number of esters is 1. The third kappa shape index (κ3) is 3.60. The Morgan fingerprint density at radius 3 is 2.39 bits per heavy atom. The predicted molar refractivity (Wildman–Crippen MR) is 117 cm³/mol. The predicted octanol–water partition coefficient (Wildman–Crippen LogP) is 3.93. The van der Waals surface area contributed by atoms with E-state index in [2.05, 4.69) is 10.6 Å². The van der Waals surface area contributed by atoms with Crippen LogP contribution in [0.2, 0.25) is 0 Å². The Balaban J connectivity index is 1.88. The van der Waals surface area contributed by atoms with Crippen LogP contribution < -0.4 is 20.1 Å². The van der Waals surface area contributed by atoms with E-state index in [4.69, 9.17) is 14.2 Å². The number of allylic oxidation sites excluding steroid dienone is 1. The molecule has 2 N–H and O–H groups in total. The SMILES string of the molecule is COC(=O)[C@@H]1C(=O)C2=C(C[C@H]1C)Nc1ccccc1N[C@H]2c1ccc(OC)c(OC)c1. The molecule has 162 valence electrons. The van der Waals surface area contributed by atoms with Crippen molar-refractivity contribution in [2.24, 2.45) is 11.8 Å². The number of anilines is 2. The van der Waals surface area contributed by atoms with Crippen LogP contribution in [-0.2, 0) is 14.3 Å². The Kier molecular flexibility index (Phi) is 5.59. The van der Waals surface area contributed by atoms with Crippen LogP contribution in [0.5, 0.6) is 11.5 Å². The van der Waals surface area contributed by atoms with Crippen molar-refractivity contribution in [1.29, 1.82) is 0 Å². The van der Waals surface area contributed by atoms with Gasteiger partial charge in [0.2, 0.25) is 0 Å². The lowest BCUT2D eigenvalue weighted by atomic mass is 9.75. The molecule has 4 rings (SSSR count). The van der Waals surface area contributed by atoms with E-state index in [-0.39, 0.29) is 11.7 Å². The Morgan fingerprint density at radius 2 is 1.71 bits per heavy atom. The van der Waals surface area contributed by atoms with Gasteiger partial charge in [-0.25, -0.2) is 0 Å². The second-order valence-corrected chi connectivity index (χ2v) is 7.80. The molecule has 2 aromatic carbocycles. The van der Waals surface area contributed by atoms with Gasteiger partial charge in [-0.05, 0) is 42.2 Å². The molecular formula is C24H26N2O5. The fourth-order valence-corrected chi connectivity index (χ4v) is 4.42. The average Bonchev–Trinajstić information content (AvgIpc) is 2.94. The first-order valence-electron chi connectivity index (χ1n) is 10.2. The second-order valence-electron chi connectivity index (χ2n) is 7.80. The first-order chi connectivity index (χ1) is 15.0. The average molecular weight is 422 g/mol. The van der Waals surface area contributed by atoms with Crippen LogP contribution in [0.1, 0.15) is 24.9 Å². The molecule has 1 aliphatic heterocycles. The standard InChI is InChI=1S/C24H26N2O5/c1-13-11-17-21(23(27)20(13)24(28)31-4)22(26-16-8-6-5-7-15(16)25-17)14-9-10-18(29-2)19(12-14)30-3/h5-10,12-13,20,22,25-26H,11H2,1-4H3/t13-,20+,22+/m1/s1. The molecule has 7 nitrogen and oxygen atoms in total. The summed E-state index contributed by atoms with van der Waals surface area (Å²) in [6.07, 6.45) is 0.556. The van der Waals surface area contributed by atoms with Gasteiger partial charge < -0.3 is 24.8 Å². The molecule has 2 aromatic rings. The minimum atomic E-state index is -0.837. The second kappa shape index (κ2) is 8.34. The van der Waals surface area contributed by atoms with Gasteiger partial charge in [-0.15, -0.1) is 0 Å². The van der Waals surface area contributed by atoms with Gasteiger partial charge in [-0.1, -0.05) is 25.1 Å². The first-order valence-corrected chi connectivity index (χ1v) is 10.2. The molecule has 3 atom stereocenters. The highest BCUT2D eigenvalue weighted by Crippen LogP contribution is 2.44. The van der Waals surface area contributed by atoms with Crippen molar-refractivity contribution >= 4 is 23.1 Å². The lowest BCUT2D eigenvalue weighted by Gasteiger charge is -2.32. The number of methoxy groups -OCH3 is 3. The largest absolute Gasteiger partial charge is 0.493 e. The number of hydrogen-bond donors (Lipinski definition) is 2. The first kappa shape index (κ1) is 20.8. The number of fused-ring (bicyclic) bond motifs is 1. The van der Waals surface area contributed by atoms with Crippen LogP contribution in [0.15, 0.2) is 53.7 Å². The molecule has 0 bridgehead atoms. The van der Waals surface area contributed by atoms with Crippen molar-refractivity contribution in [1.82, 2.24) is 0 Å². The molecule has 1 heterocycles. The van der Waals surface area contributed by atoms with E-state index in [1.807, 2.05) is 49.4 Å². The molecule has 0 radical (unpaired) electrons. The molecule has 2 aliphatic rings. The van der Waals surface area contributed by atoms with E-state index in [0.29, 0.717) is 23.5 Å². The van der Waals surface area contributed by atoms with Gasteiger partial charge in [0.15, 0.2) is 17.3 Å². The Bertz CT molecular complexity index is 1060. The van der Waals surface area contributed by atoms with Crippen LogP contribution in [0.3, 0.4) is 0 Å². The maximum Gasteiger partial charge on any atom is 0.316 e. The molecule has 0 amide bonds. The van der Waals surface area contributed by atoms with E-state index in [9.17, 15) is 9.59 Å². The number of rotatable bonds is 4. The van der Waals surface area contributed by atoms with Gasteiger partial charge in [0.05, 0.1) is 38.7 Å². The number of ketones is 1. The highest BCUT2D eigenvalue weighted by molar-refractivity contribution is 6.11. The Labute approximate surface area is 181 Å². The monoisotopic (exact) mass is 422 g/mol. The van der Waals surface area contributed by atoms with Gasteiger partial charge in [-0.3, -0.25) is 9.59 Å². The summed E-state index contributed by atoms with van der Waals surface area (Å²) in [7, 11) is 4.47. The normalized spacial score (nSPS) is 22.3. The summed E-state index contributed by atoms with van der Waals surface area (Å²) in [6, 6.07) is 12.9. The van der Waals surface area contributed by atoms with Crippen molar-refractivity contribution in [3.05, 3.63) is 59.3 Å². The van der Waals surface area contributed by atoms with E-state index in [1.165, 1.54) is 7.11 Å². The van der Waals surface area contributed by atoms with Crippen LogP contribution in [0.25, 0.3) is 0 Å². The highest BCUT2D eigenvalue weighted by atomic mass is 16.5. The maximum absolute atomic E-state index is 13.6. The van der Waals surface area contributed by atoms with Gasteiger partial charge in [0.25, 0.3) is 0 Å². The topological polar surface area (TPSA) is 85.9 Å². The van der Waals surface area contributed by atoms with Crippen molar-refractivity contribution < 1.29 is 23.8 Å². The number of para-hydroxylation sites is 2.